The fourth-order valence-electron chi connectivity index (χ4n) is 4.52. The number of rotatable bonds is 5. The molecular formula is C24H29N3O6. The number of nitrogens with zero attached hydrogens (tertiary/aromatic N) is 3. The summed E-state index contributed by atoms with van der Waals surface area (Å²) in [5.74, 6) is -2.22. The van der Waals surface area contributed by atoms with Crippen molar-refractivity contribution in [2.45, 2.75) is 39.2 Å². The zero-order valence-corrected chi connectivity index (χ0v) is 18.9. The average Bonchev–Trinajstić information content (AvgIpc) is 3.45. The van der Waals surface area contributed by atoms with E-state index < -0.39 is 11.9 Å². The number of carboxylic acid groups (broad SMARTS) is 2. The Morgan fingerprint density at radius 1 is 1.00 bits per heavy atom. The number of aryl methyl sites for hydroxylation is 1. The van der Waals surface area contributed by atoms with Gasteiger partial charge in [-0.3, -0.25) is 15.0 Å². The van der Waals surface area contributed by atoms with E-state index >= 15 is 0 Å². The van der Waals surface area contributed by atoms with Crippen molar-refractivity contribution in [3.8, 4) is 0 Å². The van der Waals surface area contributed by atoms with Crippen molar-refractivity contribution in [2.24, 2.45) is 0 Å². The molecule has 2 fully saturated rings. The van der Waals surface area contributed by atoms with Gasteiger partial charge >= 0.3 is 11.9 Å². The molecule has 0 aliphatic carbocycles. The van der Waals surface area contributed by atoms with E-state index in [2.05, 4.69) is 9.80 Å². The van der Waals surface area contributed by atoms with Gasteiger partial charge in [0.05, 0.1) is 16.1 Å². The summed E-state index contributed by atoms with van der Waals surface area (Å²) < 4.78 is 0. The number of nitro benzene ring substituents is 1. The van der Waals surface area contributed by atoms with Crippen LogP contribution in [0.1, 0.15) is 51.1 Å². The summed E-state index contributed by atoms with van der Waals surface area (Å²) in [5, 5.41) is 28.2. The summed E-state index contributed by atoms with van der Waals surface area (Å²) in [4.78, 5) is 36.7. The SMILES string of the molecule is Cc1c(C(=O)O)cccc1C(=O)O.Cc1cc(N2CCC(N3CCCC3)C2)ccc1[N+](=O)[O-]. The number of carboxylic acids is 2. The van der Waals surface area contributed by atoms with Gasteiger partial charge in [-0.05, 0) is 76.0 Å². The minimum atomic E-state index is -1.11. The van der Waals surface area contributed by atoms with Crippen LogP contribution in [0.2, 0.25) is 0 Å². The van der Waals surface area contributed by atoms with Gasteiger partial charge in [0, 0.05) is 36.4 Å². The van der Waals surface area contributed by atoms with Crippen molar-refractivity contribution in [1.82, 2.24) is 4.90 Å². The van der Waals surface area contributed by atoms with Gasteiger partial charge in [0.1, 0.15) is 0 Å². The highest BCUT2D eigenvalue weighted by atomic mass is 16.6. The molecule has 2 heterocycles. The van der Waals surface area contributed by atoms with Gasteiger partial charge in [0.2, 0.25) is 0 Å². The first kappa shape index (κ1) is 24.2. The topological polar surface area (TPSA) is 124 Å². The van der Waals surface area contributed by atoms with E-state index in [1.54, 1.807) is 6.07 Å². The lowest BCUT2D eigenvalue weighted by Gasteiger charge is -2.24. The molecule has 33 heavy (non-hydrogen) atoms. The fraction of sp³-hybridized carbons (Fsp3) is 0.417. The van der Waals surface area contributed by atoms with Gasteiger partial charge in [0.15, 0.2) is 0 Å². The largest absolute Gasteiger partial charge is 0.478 e. The second kappa shape index (κ2) is 10.4. The van der Waals surface area contributed by atoms with Gasteiger partial charge in [-0.1, -0.05) is 6.07 Å². The number of benzene rings is 2. The number of aromatic carboxylic acids is 2. The minimum absolute atomic E-state index is 0.0277. The van der Waals surface area contributed by atoms with Gasteiger partial charge in [-0.2, -0.15) is 0 Å². The molecule has 0 bridgehead atoms. The summed E-state index contributed by atoms with van der Waals surface area (Å²) in [6, 6.07) is 10.3. The van der Waals surface area contributed by atoms with Gasteiger partial charge in [-0.25, -0.2) is 9.59 Å². The fourth-order valence-corrected chi connectivity index (χ4v) is 4.52. The second-order valence-electron chi connectivity index (χ2n) is 8.45. The molecule has 2 aliphatic heterocycles. The van der Waals surface area contributed by atoms with E-state index in [1.807, 2.05) is 19.1 Å². The van der Waals surface area contributed by atoms with E-state index in [-0.39, 0.29) is 27.3 Å². The van der Waals surface area contributed by atoms with E-state index in [9.17, 15) is 19.7 Å². The molecule has 0 saturated carbocycles. The predicted molar refractivity (Wildman–Crippen MR) is 124 cm³/mol. The first-order chi connectivity index (χ1) is 15.7. The number of hydrogen-bond donors (Lipinski definition) is 2. The number of anilines is 1. The highest BCUT2D eigenvalue weighted by molar-refractivity contribution is 5.96. The third kappa shape index (κ3) is 5.67. The Labute approximate surface area is 192 Å². The van der Waals surface area contributed by atoms with Crippen LogP contribution in [0.15, 0.2) is 36.4 Å². The van der Waals surface area contributed by atoms with Crippen LogP contribution < -0.4 is 4.90 Å². The van der Waals surface area contributed by atoms with Crippen LogP contribution in [0.25, 0.3) is 0 Å². The van der Waals surface area contributed by atoms with Crippen molar-refractivity contribution in [2.75, 3.05) is 31.1 Å². The van der Waals surface area contributed by atoms with E-state index in [0.29, 0.717) is 6.04 Å². The Bertz CT molecular complexity index is 1020. The summed E-state index contributed by atoms with van der Waals surface area (Å²) in [6.45, 7) is 7.87. The zero-order valence-electron chi connectivity index (χ0n) is 18.9. The molecule has 1 unspecified atom stereocenters. The Hall–Kier alpha value is -3.46. The third-order valence-corrected chi connectivity index (χ3v) is 6.36. The smallest absolute Gasteiger partial charge is 0.335 e. The van der Waals surface area contributed by atoms with Crippen LogP contribution in [0.3, 0.4) is 0 Å². The molecule has 0 radical (unpaired) electrons. The van der Waals surface area contributed by atoms with Crippen LogP contribution >= 0.6 is 0 Å². The lowest BCUT2D eigenvalue weighted by molar-refractivity contribution is -0.385. The molecule has 2 saturated heterocycles. The summed E-state index contributed by atoms with van der Waals surface area (Å²) in [7, 11) is 0. The maximum absolute atomic E-state index is 10.9. The molecule has 0 amide bonds. The highest BCUT2D eigenvalue weighted by Crippen LogP contribution is 2.29. The maximum atomic E-state index is 10.9. The summed E-state index contributed by atoms with van der Waals surface area (Å²) in [6.07, 6.45) is 3.86. The Balaban J connectivity index is 0.000000205. The molecular weight excluding hydrogens is 426 g/mol. The van der Waals surface area contributed by atoms with Crippen LogP contribution in [0, 0.1) is 24.0 Å². The van der Waals surface area contributed by atoms with Crippen molar-refractivity contribution >= 4 is 23.3 Å². The molecule has 0 spiro atoms. The molecule has 9 heteroatoms. The molecule has 2 aromatic carbocycles. The number of nitro groups is 1. The third-order valence-electron chi connectivity index (χ3n) is 6.36. The normalized spacial score (nSPS) is 18.0. The minimum Gasteiger partial charge on any atom is -0.478 e. The van der Waals surface area contributed by atoms with Crippen molar-refractivity contribution in [1.29, 1.82) is 0 Å². The molecule has 9 nitrogen and oxygen atoms in total. The average molecular weight is 456 g/mol. The van der Waals surface area contributed by atoms with Gasteiger partial charge < -0.3 is 15.1 Å². The zero-order chi connectivity index (χ0) is 24.1. The number of likely N-dealkylation sites (tertiary alicyclic amines) is 1. The molecule has 0 aromatic heterocycles. The predicted octanol–water partition coefficient (Wildman–Crippen LogP) is 3.97. The first-order valence-corrected chi connectivity index (χ1v) is 11.0. The first-order valence-electron chi connectivity index (χ1n) is 11.0. The van der Waals surface area contributed by atoms with Crippen LogP contribution in [-0.2, 0) is 0 Å². The lowest BCUT2D eigenvalue weighted by atomic mass is 10.0. The lowest BCUT2D eigenvalue weighted by Crippen LogP contribution is -2.35. The quantitative estimate of drug-likeness (QED) is 0.513. The highest BCUT2D eigenvalue weighted by Gasteiger charge is 2.29. The van der Waals surface area contributed by atoms with Crippen LogP contribution in [0.5, 0.6) is 0 Å². The van der Waals surface area contributed by atoms with Crippen molar-refractivity contribution in [3.05, 3.63) is 68.8 Å². The Morgan fingerprint density at radius 3 is 2.12 bits per heavy atom. The van der Waals surface area contributed by atoms with E-state index in [4.69, 9.17) is 10.2 Å². The van der Waals surface area contributed by atoms with Crippen LogP contribution in [-0.4, -0.2) is 64.2 Å². The van der Waals surface area contributed by atoms with Crippen molar-refractivity contribution < 1.29 is 24.7 Å². The molecule has 2 aliphatic rings. The van der Waals surface area contributed by atoms with E-state index in [1.165, 1.54) is 57.5 Å². The number of hydrogen-bond acceptors (Lipinski definition) is 6. The monoisotopic (exact) mass is 455 g/mol. The second-order valence-corrected chi connectivity index (χ2v) is 8.45. The maximum Gasteiger partial charge on any atom is 0.335 e. The van der Waals surface area contributed by atoms with Gasteiger partial charge in [0.25, 0.3) is 5.69 Å². The van der Waals surface area contributed by atoms with Crippen molar-refractivity contribution in [3.63, 3.8) is 0 Å². The standard InChI is InChI=1S/C15H21N3O2.C9H8O4/c1-12-10-13(4-5-15(12)18(19)20)17-9-6-14(11-17)16-7-2-3-8-16;1-5-6(8(10)11)3-2-4-7(5)9(12)13/h4-5,10,14H,2-3,6-9,11H2,1H3;2-4H,1H3,(H,10,11)(H,12,13). The Morgan fingerprint density at radius 2 is 1.61 bits per heavy atom. The Kier molecular flexibility index (Phi) is 7.65. The van der Waals surface area contributed by atoms with Crippen LogP contribution in [0.4, 0.5) is 11.4 Å². The van der Waals surface area contributed by atoms with E-state index in [0.717, 1.165) is 24.3 Å². The van der Waals surface area contributed by atoms with Gasteiger partial charge in [-0.15, -0.1) is 0 Å². The summed E-state index contributed by atoms with van der Waals surface area (Å²) in [5.41, 5.74) is 2.42. The molecule has 2 aromatic rings. The molecule has 4 rings (SSSR count). The number of carbonyl (C=O) groups is 2. The molecule has 2 N–H and O–H groups in total. The molecule has 1 atom stereocenters. The summed E-state index contributed by atoms with van der Waals surface area (Å²) >= 11 is 0. The molecule has 176 valence electrons.